The summed E-state index contributed by atoms with van der Waals surface area (Å²) in [5.74, 6) is 0.401. The van der Waals surface area contributed by atoms with Gasteiger partial charge in [0.1, 0.15) is 0 Å². The maximum Gasteiger partial charge on any atom is 0.253 e. The van der Waals surface area contributed by atoms with Crippen LogP contribution < -0.4 is 11.1 Å². The van der Waals surface area contributed by atoms with E-state index in [1.807, 2.05) is 20.0 Å². The summed E-state index contributed by atoms with van der Waals surface area (Å²) in [4.78, 5) is 17.0. The summed E-state index contributed by atoms with van der Waals surface area (Å²) in [7, 11) is 1.86. The number of aryl methyl sites for hydroxylation is 2. The van der Waals surface area contributed by atoms with E-state index in [1.54, 1.807) is 10.9 Å². The maximum absolute atomic E-state index is 12.6. The van der Waals surface area contributed by atoms with Crippen LogP contribution in [0, 0.1) is 12.8 Å². The van der Waals surface area contributed by atoms with Gasteiger partial charge in [-0.15, -0.1) is 24.8 Å². The molecule has 1 fully saturated rings. The predicted octanol–water partition coefficient (Wildman–Crippen LogP) is 2.76. The highest BCUT2D eigenvalue weighted by atomic mass is 35.5. The first-order chi connectivity index (χ1) is 11.1. The molecule has 0 bridgehead atoms. The van der Waals surface area contributed by atoms with Crippen LogP contribution in [0.5, 0.6) is 0 Å². The minimum atomic E-state index is -0.0938. The number of hydrogen-bond acceptors (Lipinski definition) is 4. The number of nitrogens with two attached hydrogens (primary N) is 1. The lowest BCUT2D eigenvalue weighted by atomic mass is 9.84. The van der Waals surface area contributed by atoms with Gasteiger partial charge in [0, 0.05) is 31.2 Å². The van der Waals surface area contributed by atoms with Gasteiger partial charge in [-0.05, 0) is 31.7 Å². The van der Waals surface area contributed by atoms with Crippen molar-refractivity contribution in [3.05, 3.63) is 23.5 Å². The van der Waals surface area contributed by atoms with Crippen molar-refractivity contribution in [1.29, 1.82) is 0 Å². The van der Waals surface area contributed by atoms with Crippen LogP contribution in [0.4, 0.5) is 0 Å². The van der Waals surface area contributed by atoms with Gasteiger partial charge in [-0.1, -0.05) is 19.3 Å². The van der Waals surface area contributed by atoms with E-state index in [2.05, 4.69) is 15.4 Å². The van der Waals surface area contributed by atoms with Crippen LogP contribution in [0.3, 0.4) is 0 Å². The number of carbonyl (C=O) groups is 1. The van der Waals surface area contributed by atoms with Crippen LogP contribution in [-0.2, 0) is 7.05 Å². The highest BCUT2D eigenvalue weighted by molar-refractivity contribution is 5.97. The zero-order valence-electron chi connectivity index (χ0n) is 14.7. The molecule has 0 saturated heterocycles. The highest BCUT2D eigenvalue weighted by Crippen LogP contribution is 2.26. The van der Waals surface area contributed by atoms with Gasteiger partial charge in [0.25, 0.3) is 5.91 Å². The Labute approximate surface area is 160 Å². The van der Waals surface area contributed by atoms with E-state index in [9.17, 15) is 4.79 Å². The number of nitrogens with one attached hydrogen (secondary N) is 1. The van der Waals surface area contributed by atoms with Crippen molar-refractivity contribution in [1.82, 2.24) is 20.1 Å². The summed E-state index contributed by atoms with van der Waals surface area (Å²) >= 11 is 0. The molecule has 3 N–H and O–H groups in total. The molecule has 1 saturated carbocycles. The molecule has 25 heavy (non-hydrogen) atoms. The molecule has 8 heteroatoms. The fourth-order valence-electron chi connectivity index (χ4n) is 3.59. The van der Waals surface area contributed by atoms with Gasteiger partial charge in [-0.25, -0.2) is 4.98 Å². The number of hydrogen-bond donors (Lipinski definition) is 2. The summed E-state index contributed by atoms with van der Waals surface area (Å²) < 4.78 is 1.73. The van der Waals surface area contributed by atoms with Gasteiger partial charge < -0.3 is 11.1 Å². The number of rotatable bonds is 4. The molecule has 1 atom stereocenters. The van der Waals surface area contributed by atoms with Crippen LogP contribution in [-0.4, -0.2) is 33.3 Å². The van der Waals surface area contributed by atoms with Gasteiger partial charge in [0.15, 0.2) is 5.65 Å². The van der Waals surface area contributed by atoms with Gasteiger partial charge in [0.05, 0.1) is 11.3 Å². The molecule has 6 nitrogen and oxygen atoms in total. The Morgan fingerprint density at radius 2 is 2.04 bits per heavy atom. The van der Waals surface area contributed by atoms with Crippen LogP contribution in [0.2, 0.25) is 0 Å². The molecular weight excluding hydrogens is 361 g/mol. The molecule has 2 aromatic rings. The lowest BCUT2D eigenvalue weighted by Gasteiger charge is -2.30. The fraction of sp³-hybridized carbons (Fsp3) is 0.588. The zero-order valence-corrected chi connectivity index (χ0v) is 16.3. The summed E-state index contributed by atoms with van der Waals surface area (Å²) in [5, 5.41) is 8.37. The van der Waals surface area contributed by atoms with Crippen LogP contribution in [0.1, 0.15) is 48.2 Å². The normalized spacial score (nSPS) is 16.0. The van der Waals surface area contributed by atoms with Crippen LogP contribution in [0.15, 0.2) is 12.3 Å². The average Bonchev–Trinajstić information content (AvgIpc) is 2.87. The standard InChI is InChI=1S/C17H25N5O.2ClH/c1-11-14-8-13(10-19-16(14)22(2)21-11)17(23)20-15(9-18)12-6-4-3-5-7-12;;/h8,10,12,15H,3-7,9,18H2,1-2H3,(H,20,23);2*1H. The molecule has 0 aliphatic heterocycles. The number of nitrogens with zero attached hydrogens (tertiary/aromatic N) is 3. The molecule has 3 rings (SSSR count). The lowest BCUT2D eigenvalue weighted by Crippen LogP contribution is -2.45. The first-order valence-electron chi connectivity index (χ1n) is 8.40. The Hall–Kier alpha value is -1.37. The van der Waals surface area contributed by atoms with Gasteiger partial charge in [0.2, 0.25) is 0 Å². The topological polar surface area (TPSA) is 85.8 Å². The quantitative estimate of drug-likeness (QED) is 0.844. The third-order valence-electron chi connectivity index (χ3n) is 4.91. The van der Waals surface area contributed by atoms with Gasteiger partial charge in [-0.3, -0.25) is 9.48 Å². The molecule has 1 amide bonds. The lowest BCUT2D eigenvalue weighted by molar-refractivity contribution is 0.0915. The molecule has 1 aliphatic rings. The Kier molecular flexibility index (Phi) is 8.12. The molecule has 2 heterocycles. The van der Waals surface area contributed by atoms with Gasteiger partial charge >= 0.3 is 0 Å². The molecule has 140 valence electrons. The van der Waals surface area contributed by atoms with E-state index in [-0.39, 0.29) is 36.8 Å². The Balaban J connectivity index is 0.00000156. The van der Waals surface area contributed by atoms with E-state index in [0.717, 1.165) is 29.6 Å². The molecule has 0 radical (unpaired) electrons. The van der Waals surface area contributed by atoms with E-state index < -0.39 is 0 Å². The smallest absolute Gasteiger partial charge is 0.253 e. The Morgan fingerprint density at radius 1 is 1.36 bits per heavy atom. The first-order valence-corrected chi connectivity index (χ1v) is 8.40. The van der Waals surface area contributed by atoms with Crippen molar-refractivity contribution in [2.24, 2.45) is 18.7 Å². The molecule has 1 aliphatic carbocycles. The minimum absolute atomic E-state index is 0. The second kappa shape index (κ2) is 9.36. The minimum Gasteiger partial charge on any atom is -0.348 e. The number of carbonyl (C=O) groups excluding carboxylic acids is 1. The van der Waals surface area contributed by atoms with Crippen molar-refractivity contribution in [2.75, 3.05) is 6.54 Å². The Morgan fingerprint density at radius 3 is 2.68 bits per heavy atom. The summed E-state index contributed by atoms with van der Waals surface area (Å²) in [5.41, 5.74) is 8.15. The van der Waals surface area contributed by atoms with Crippen molar-refractivity contribution in [3.8, 4) is 0 Å². The zero-order chi connectivity index (χ0) is 16.4. The van der Waals surface area contributed by atoms with Crippen molar-refractivity contribution in [3.63, 3.8) is 0 Å². The maximum atomic E-state index is 12.6. The van der Waals surface area contributed by atoms with E-state index in [1.165, 1.54) is 19.3 Å². The largest absolute Gasteiger partial charge is 0.348 e. The van der Waals surface area contributed by atoms with Crippen LogP contribution >= 0.6 is 24.8 Å². The summed E-state index contributed by atoms with van der Waals surface area (Å²) in [6.45, 7) is 2.41. The van der Waals surface area contributed by atoms with Crippen LogP contribution in [0.25, 0.3) is 11.0 Å². The molecule has 0 aromatic carbocycles. The number of fused-ring (bicyclic) bond motifs is 1. The third-order valence-corrected chi connectivity index (χ3v) is 4.91. The average molecular weight is 388 g/mol. The summed E-state index contributed by atoms with van der Waals surface area (Å²) in [6.07, 6.45) is 7.69. The number of pyridine rings is 1. The van der Waals surface area contributed by atoms with Crippen molar-refractivity contribution in [2.45, 2.75) is 45.1 Å². The third kappa shape index (κ3) is 4.63. The number of halogens is 2. The number of aromatic nitrogens is 3. The fourth-order valence-corrected chi connectivity index (χ4v) is 3.59. The molecule has 2 aromatic heterocycles. The molecule has 0 spiro atoms. The Bertz CT molecular complexity index is 712. The first kappa shape index (κ1) is 21.7. The second-order valence-corrected chi connectivity index (χ2v) is 6.52. The molecule has 1 unspecified atom stereocenters. The highest BCUT2D eigenvalue weighted by Gasteiger charge is 2.24. The van der Waals surface area contributed by atoms with Crippen molar-refractivity contribution >= 4 is 41.8 Å². The van der Waals surface area contributed by atoms with E-state index in [4.69, 9.17) is 5.73 Å². The second-order valence-electron chi connectivity index (χ2n) is 6.52. The number of amides is 1. The molecular formula is C17H27Cl2N5O. The van der Waals surface area contributed by atoms with Gasteiger partial charge in [-0.2, -0.15) is 5.10 Å². The van der Waals surface area contributed by atoms with Crippen molar-refractivity contribution < 1.29 is 4.79 Å². The SMILES string of the molecule is Cc1nn(C)c2ncc(C(=O)NC(CN)C3CCCCC3)cc12.Cl.Cl. The monoisotopic (exact) mass is 387 g/mol. The van der Waals surface area contributed by atoms with E-state index >= 15 is 0 Å². The van der Waals surface area contributed by atoms with E-state index in [0.29, 0.717) is 18.0 Å². The predicted molar refractivity (Wildman–Crippen MR) is 105 cm³/mol. The summed E-state index contributed by atoms with van der Waals surface area (Å²) in [6, 6.07) is 1.92.